The largest absolute Gasteiger partial charge is 0.443 e. The van der Waals surface area contributed by atoms with Crippen molar-refractivity contribution in [1.82, 2.24) is 15.1 Å². The summed E-state index contributed by atoms with van der Waals surface area (Å²) in [5, 5.41) is 7.62. The summed E-state index contributed by atoms with van der Waals surface area (Å²) in [5.74, 6) is 0. The van der Waals surface area contributed by atoms with Gasteiger partial charge in [-0.15, -0.1) is 0 Å². The van der Waals surface area contributed by atoms with Gasteiger partial charge in [0.2, 0.25) is 0 Å². The Hall–Kier alpha value is -2.14. The van der Waals surface area contributed by atoms with E-state index in [-0.39, 0.29) is 6.61 Å². The van der Waals surface area contributed by atoms with Crippen molar-refractivity contribution in [3.8, 4) is 0 Å². The number of hydrogen-bond donors (Lipinski definition) is 1. The molecule has 1 heterocycles. The summed E-state index contributed by atoms with van der Waals surface area (Å²) in [4.78, 5) is 12.0. The second kappa shape index (κ2) is 6.10. The van der Waals surface area contributed by atoms with E-state index in [1.807, 2.05) is 37.4 Å². The maximum Gasteiger partial charge on any atom is 0.435 e. The Balaban J connectivity index is 1.65. The molecular weight excluding hydrogens is 266 g/mol. The predicted octanol–water partition coefficient (Wildman–Crippen LogP) is 2.14. The van der Waals surface area contributed by atoms with Crippen LogP contribution < -0.4 is 5.32 Å². The molecule has 1 aromatic heterocycles. The van der Waals surface area contributed by atoms with Gasteiger partial charge in [-0.1, -0.05) is 30.3 Å². The number of benzene rings is 1. The normalized spacial score (nSPS) is 17.3. The quantitative estimate of drug-likeness (QED) is 0.938. The number of carbonyl (C=O) groups is 1. The van der Waals surface area contributed by atoms with Gasteiger partial charge in [-0.25, -0.2) is 4.79 Å². The lowest BCUT2D eigenvalue weighted by molar-refractivity contribution is 0.137. The number of likely N-dealkylation sites (N-methyl/N-ethyl adjacent to an activating group) is 1. The van der Waals surface area contributed by atoms with Crippen molar-refractivity contribution in [1.29, 1.82) is 0 Å². The molecule has 110 valence electrons. The van der Waals surface area contributed by atoms with E-state index in [0.717, 1.165) is 36.1 Å². The maximum atomic E-state index is 12.0. The molecular formula is C16H19N3O2. The first-order valence-corrected chi connectivity index (χ1v) is 7.22. The van der Waals surface area contributed by atoms with Crippen LogP contribution in [0.25, 0.3) is 0 Å². The second-order valence-electron chi connectivity index (χ2n) is 5.31. The summed E-state index contributed by atoms with van der Waals surface area (Å²) in [6.45, 7) is 0.267. The van der Waals surface area contributed by atoms with Gasteiger partial charge >= 0.3 is 6.09 Å². The summed E-state index contributed by atoms with van der Waals surface area (Å²) in [6.07, 6.45) is 4.25. The average Bonchev–Trinajstić information content (AvgIpc) is 2.96. The molecule has 2 aromatic rings. The molecule has 5 nitrogen and oxygen atoms in total. The maximum absolute atomic E-state index is 12.0. The molecule has 0 bridgehead atoms. The first-order chi connectivity index (χ1) is 10.3. The van der Waals surface area contributed by atoms with Gasteiger partial charge < -0.3 is 10.1 Å². The van der Waals surface area contributed by atoms with E-state index in [4.69, 9.17) is 4.74 Å². The Morgan fingerprint density at radius 1 is 1.43 bits per heavy atom. The van der Waals surface area contributed by atoms with Crippen molar-refractivity contribution in [3.05, 3.63) is 53.3 Å². The van der Waals surface area contributed by atoms with Crippen molar-refractivity contribution in [2.24, 2.45) is 0 Å². The molecule has 1 N–H and O–H groups in total. The Bertz CT molecular complexity index is 622. The van der Waals surface area contributed by atoms with Crippen LogP contribution in [0.5, 0.6) is 0 Å². The summed E-state index contributed by atoms with van der Waals surface area (Å²) in [5.41, 5.74) is 3.12. The minimum Gasteiger partial charge on any atom is -0.443 e. The fourth-order valence-electron chi connectivity index (χ4n) is 2.63. The first-order valence-electron chi connectivity index (χ1n) is 7.22. The van der Waals surface area contributed by atoms with E-state index in [1.54, 1.807) is 6.20 Å². The highest BCUT2D eigenvalue weighted by molar-refractivity contribution is 5.69. The number of nitrogens with one attached hydrogen (secondary N) is 1. The van der Waals surface area contributed by atoms with Gasteiger partial charge in [-0.2, -0.15) is 9.78 Å². The fraction of sp³-hybridized carbons (Fsp3) is 0.375. The number of carbonyl (C=O) groups excluding carboxylic acids is 1. The lowest BCUT2D eigenvalue weighted by Crippen LogP contribution is -2.31. The smallest absolute Gasteiger partial charge is 0.435 e. The van der Waals surface area contributed by atoms with Crippen LogP contribution in [0.2, 0.25) is 0 Å². The standard InChI is InChI=1S/C16H19N3O2/c1-17-14-7-8-15-13(9-14)10-19(18-15)16(20)21-11-12-5-3-2-4-6-12/h2-6,10,14,17H,7-9,11H2,1H3. The molecule has 1 aliphatic carbocycles. The molecule has 1 atom stereocenters. The molecule has 0 saturated carbocycles. The zero-order chi connectivity index (χ0) is 14.7. The molecule has 0 radical (unpaired) electrons. The number of hydrogen-bond acceptors (Lipinski definition) is 4. The average molecular weight is 285 g/mol. The Morgan fingerprint density at radius 2 is 2.24 bits per heavy atom. The minimum atomic E-state index is -0.422. The summed E-state index contributed by atoms with van der Waals surface area (Å²) in [6, 6.07) is 10.1. The monoisotopic (exact) mass is 285 g/mol. The van der Waals surface area contributed by atoms with E-state index < -0.39 is 6.09 Å². The Labute approximate surface area is 123 Å². The summed E-state index contributed by atoms with van der Waals surface area (Å²) < 4.78 is 6.62. The van der Waals surface area contributed by atoms with E-state index >= 15 is 0 Å². The van der Waals surface area contributed by atoms with Gasteiger partial charge in [0.1, 0.15) is 6.61 Å². The van der Waals surface area contributed by atoms with E-state index in [9.17, 15) is 4.79 Å². The molecule has 0 aliphatic heterocycles. The third kappa shape index (κ3) is 3.13. The number of fused-ring (bicyclic) bond motifs is 1. The van der Waals surface area contributed by atoms with Gasteiger partial charge in [0.25, 0.3) is 0 Å². The molecule has 0 amide bonds. The highest BCUT2D eigenvalue weighted by Crippen LogP contribution is 2.20. The van der Waals surface area contributed by atoms with Gasteiger partial charge in [-0.05, 0) is 37.4 Å². The molecule has 1 unspecified atom stereocenters. The number of aryl methyl sites for hydroxylation is 1. The van der Waals surface area contributed by atoms with Crippen LogP contribution in [0.3, 0.4) is 0 Å². The van der Waals surface area contributed by atoms with Gasteiger partial charge in [-0.3, -0.25) is 0 Å². The van der Waals surface area contributed by atoms with Crippen molar-refractivity contribution in [2.45, 2.75) is 31.9 Å². The molecule has 3 rings (SSSR count). The molecule has 5 heteroatoms. The molecule has 1 aromatic carbocycles. The SMILES string of the molecule is CNC1CCc2nn(C(=O)OCc3ccccc3)cc2C1. The van der Waals surface area contributed by atoms with E-state index in [1.165, 1.54) is 4.68 Å². The predicted molar refractivity (Wildman–Crippen MR) is 79.1 cm³/mol. The van der Waals surface area contributed by atoms with Crippen molar-refractivity contribution < 1.29 is 9.53 Å². The summed E-state index contributed by atoms with van der Waals surface area (Å²) >= 11 is 0. The van der Waals surface area contributed by atoms with Crippen molar-refractivity contribution in [2.75, 3.05) is 7.05 Å². The van der Waals surface area contributed by atoms with Crippen molar-refractivity contribution in [3.63, 3.8) is 0 Å². The molecule has 21 heavy (non-hydrogen) atoms. The molecule has 0 fully saturated rings. The molecule has 0 spiro atoms. The minimum absolute atomic E-state index is 0.267. The van der Waals surface area contributed by atoms with Gasteiger partial charge in [0.15, 0.2) is 0 Å². The third-order valence-corrected chi connectivity index (χ3v) is 3.87. The zero-order valence-electron chi connectivity index (χ0n) is 12.1. The fourth-order valence-corrected chi connectivity index (χ4v) is 2.63. The third-order valence-electron chi connectivity index (χ3n) is 3.87. The number of ether oxygens (including phenoxy) is 1. The van der Waals surface area contributed by atoms with Crippen LogP contribution in [-0.4, -0.2) is 29.0 Å². The van der Waals surface area contributed by atoms with Crippen LogP contribution in [0.4, 0.5) is 4.79 Å². The lowest BCUT2D eigenvalue weighted by atomic mass is 9.94. The van der Waals surface area contributed by atoms with Crippen LogP contribution in [0.1, 0.15) is 23.2 Å². The van der Waals surface area contributed by atoms with Crippen molar-refractivity contribution >= 4 is 6.09 Å². The van der Waals surface area contributed by atoms with E-state index in [2.05, 4.69) is 10.4 Å². The number of nitrogens with zero attached hydrogens (tertiary/aromatic N) is 2. The molecule has 1 aliphatic rings. The lowest BCUT2D eigenvalue weighted by Gasteiger charge is -2.19. The first kappa shape index (κ1) is 13.8. The second-order valence-corrected chi connectivity index (χ2v) is 5.31. The van der Waals surface area contributed by atoms with Crippen LogP contribution >= 0.6 is 0 Å². The van der Waals surface area contributed by atoms with Crippen LogP contribution in [0, 0.1) is 0 Å². The Kier molecular flexibility index (Phi) is 4.01. The zero-order valence-corrected chi connectivity index (χ0v) is 12.1. The topological polar surface area (TPSA) is 56.2 Å². The Morgan fingerprint density at radius 3 is 3.00 bits per heavy atom. The summed E-state index contributed by atoms with van der Waals surface area (Å²) in [7, 11) is 1.97. The molecule has 0 saturated heterocycles. The number of rotatable bonds is 3. The van der Waals surface area contributed by atoms with Gasteiger partial charge in [0.05, 0.1) is 5.69 Å². The van der Waals surface area contributed by atoms with E-state index in [0.29, 0.717) is 6.04 Å². The van der Waals surface area contributed by atoms with Gasteiger partial charge in [0, 0.05) is 12.2 Å². The highest BCUT2D eigenvalue weighted by atomic mass is 16.6. The number of aromatic nitrogens is 2. The van der Waals surface area contributed by atoms with Crippen LogP contribution in [-0.2, 0) is 24.2 Å². The van der Waals surface area contributed by atoms with Crippen LogP contribution in [0.15, 0.2) is 36.5 Å². The highest BCUT2D eigenvalue weighted by Gasteiger charge is 2.22.